The van der Waals surface area contributed by atoms with Crippen LogP contribution in [0, 0.1) is 12.8 Å². The van der Waals surface area contributed by atoms with Crippen LogP contribution in [0.25, 0.3) is 0 Å². The first kappa shape index (κ1) is 13.3. The zero-order valence-corrected chi connectivity index (χ0v) is 11.7. The van der Waals surface area contributed by atoms with Crippen LogP contribution in [0.4, 0.5) is 5.95 Å². The molecule has 1 aromatic rings. The van der Waals surface area contributed by atoms with Crippen molar-refractivity contribution in [3.63, 3.8) is 0 Å². The summed E-state index contributed by atoms with van der Waals surface area (Å²) in [5.74, 6) is 1.63. The largest absolute Gasteiger partial charge is 0.351 e. The number of rotatable bonds is 4. The fraction of sp³-hybridized carbons (Fsp3) is 0.714. The Bertz CT molecular complexity index is 353. The molecule has 2 rings (SSSR count). The Balaban J connectivity index is 1.78. The van der Waals surface area contributed by atoms with E-state index in [-0.39, 0.29) is 0 Å². The highest BCUT2D eigenvalue weighted by molar-refractivity contribution is 5.26. The summed E-state index contributed by atoms with van der Waals surface area (Å²) in [6, 6.07) is 0.547. The molecule has 0 amide bonds. The van der Waals surface area contributed by atoms with Crippen LogP contribution < -0.4 is 5.32 Å². The standard InChI is InChI=1S/C14H24N4/c1-11-8-15-14(16-9-11)17-13-6-4-12(5-7-13)10-18(2)3/h8-9,12-13H,4-7,10H2,1-3H3,(H,15,16,17). The van der Waals surface area contributed by atoms with Gasteiger partial charge < -0.3 is 10.2 Å². The van der Waals surface area contributed by atoms with Gasteiger partial charge in [0.1, 0.15) is 0 Å². The van der Waals surface area contributed by atoms with Crippen LogP contribution in [-0.2, 0) is 0 Å². The smallest absolute Gasteiger partial charge is 0.222 e. The normalized spacial score (nSPS) is 24.2. The van der Waals surface area contributed by atoms with Crippen LogP contribution in [0.1, 0.15) is 31.2 Å². The third kappa shape index (κ3) is 3.95. The van der Waals surface area contributed by atoms with Crippen molar-refractivity contribution < 1.29 is 0 Å². The van der Waals surface area contributed by atoms with Crippen LogP contribution in [0.5, 0.6) is 0 Å². The molecule has 1 saturated carbocycles. The zero-order chi connectivity index (χ0) is 13.0. The van der Waals surface area contributed by atoms with Crippen molar-refractivity contribution in [2.45, 2.75) is 38.6 Å². The number of hydrogen-bond acceptors (Lipinski definition) is 4. The fourth-order valence-corrected chi connectivity index (χ4v) is 2.66. The summed E-state index contributed by atoms with van der Waals surface area (Å²) >= 11 is 0. The molecule has 0 saturated heterocycles. The third-order valence-electron chi connectivity index (χ3n) is 3.58. The lowest BCUT2D eigenvalue weighted by molar-refractivity contribution is 0.255. The molecule has 0 aromatic carbocycles. The highest BCUT2D eigenvalue weighted by atomic mass is 15.1. The number of anilines is 1. The van der Waals surface area contributed by atoms with Gasteiger partial charge in [0.05, 0.1) is 0 Å². The number of nitrogens with one attached hydrogen (secondary N) is 1. The molecule has 0 atom stereocenters. The lowest BCUT2D eigenvalue weighted by atomic mass is 9.86. The number of aromatic nitrogens is 2. The second-order valence-corrected chi connectivity index (χ2v) is 5.71. The number of hydrogen-bond donors (Lipinski definition) is 1. The van der Waals surface area contributed by atoms with Gasteiger partial charge in [-0.15, -0.1) is 0 Å². The van der Waals surface area contributed by atoms with Gasteiger partial charge in [0.15, 0.2) is 0 Å². The summed E-state index contributed by atoms with van der Waals surface area (Å²) < 4.78 is 0. The van der Waals surface area contributed by atoms with Crippen LogP contribution in [0.2, 0.25) is 0 Å². The molecule has 1 aliphatic carbocycles. The topological polar surface area (TPSA) is 41.1 Å². The molecular weight excluding hydrogens is 224 g/mol. The molecule has 0 spiro atoms. The zero-order valence-electron chi connectivity index (χ0n) is 11.7. The van der Waals surface area contributed by atoms with E-state index in [1.165, 1.54) is 32.2 Å². The van der Waals surface area contributed by atoms with E-state index in [2.05, 4.69) is 34.3 Å². The lowest BCUT2D eigenvalue weighted by Crippen LogP contribution is -2.31. The summed E-state index contributed by atoms with van der Waals surface area (Å²) in [5, 5.41) is 3.45. The van der Waals surface area contributed by atoms with E-state index in [1.807, 2.05) is 19.3 Å². The van der Waals surface area contributed by atoms with Crippen LogP contribution >= 0.6 is 0 Å². The van der Waals surface area contributed by atoms with Crippen molar-refractivity contribution in [3.05, 3.63) is 18.0 Å². The lowest BCUT2D eigenvalue weighted by Gasteiger charge is -2.30. The molecule has 4 heteroatoms. The Morgan fingerprint density at radius 1 is 1.17 bits per heavy atom. The Hall–Kier alpha value is -1.16. The maximum absolute atomic E-state index is 4.31. The van der Waals surface area contributed by atoms with Crippen LogP contribution in [0.15, 0.2) is 12.4 Å². The van der Waals surface area contributed by atoms with E-state index >= 15 is 0 Å². The summed E-state index contributed by atoms with van der Waals surface area (Å²) in [6.45, 7) is 3.23. The Morgan fingerprint density at radius 2 is 1.78 bits per heavy atom. The second-order valence-electron chi connectivity index (χ2n) is 5.71. The van der Waals surface area contributed by atoms with E-state index < -0.39 is 0 Å². The summed E-state index contributed by atoms with van der Waals surface area (Å²) in [7, 11) is 4.31. The maximum Gasteiger partial charge on any atom is 0.222 e. The first-order chi connectivity index (χ1) is 8.63. The van der Waals surface area contributed by atoms with Gasteiger partial charge in [0.2, 0.25) is 5.95 Å². The van der Waals surface area contributed by atoms with Crippen LogP contribution in [-0.4, -0.2) is 41.5 Å². The molecule has 1 aliphatic rings. The monoisotopic (exact) mass is 248 g/mol. The fourth-order valence-electron chi connectivity index (χ4n) is 2.66. The van der Waals surface area contributed by atoms with Gasteiger partial charge >= 0.3 is 0 Å². The average molecular weight is 248 g/mol. The van der Waals surface area contributed by atoms with Crippen molar-refractivity contribution in [3.8, 4) is 0 Å². The van der Waals surface area contributed by atoms with Gasteiger partial charge in [-0.05, 0) is 58.2 Å². The summed E-state index contributed by atoms with van der Waals surface area (Å²) in [6.07, 6.45) is 8.81. The molecule has 0 unspecified atom stereocenters. The van der Waals surface area contributed by atoms with E-state index in [1.54, 1.807) is 0 Å². The van der Waals surface area contributed by atoms with Crippen molar-refractivity contribution in [1.82, 2.24) is 14.9 Å². The van der Waals surface area contributed by atoms with Gasteiger partial charge in [-0.1, -0.05) is 0 Å². The molecular formula is C14H24N4. The predicted molar refractivity (Wildman–Crippen MR) is 74.7 cm³/mol. The van der Waals surface area contributed by atoms with E-state index in [0.29, 0.717) is 6.04 Å². The highest BCUT2D eigenvalue weighted by Crippen LogP contribution is 2.26. The van der Waals surface area contributed by atoms with Crippen molar-refractivity contribution >= 4 is 5.95 Å². The molecule has 18 heavy (non-hydrogen) atoms. The quantitative estimate of drug-likeness (QED) is 0.888. The van der Waals surface area contributed by atoms with Gasteiger partial charge in [0, 0.05) is 25.0 Å². The SMILES string of the molecule is Cc1cnc(NC2CCC(CN(C)C)CC2)nc1. The molecule has 4 nitrogen and oxygen atoms in total. The second kappa shape index (κ2) is 6.14. The molecule has 0 bridgehead atoms. The molecule has 1 heterocycles. The first-order valence-electron chi connectivity index (χ1n) is 6.83. The third-order valence-corrected chi connectivity index (χ3v) is 3.58. The average Bonchev–Trinajstić information content (AvgIpc) is 2.34. The van der Waals surface area contributed by atoms with Crippen molar-refractivity contribution in [1.29, 1.82) is 0 Å². The van der Waals surface area contributed by atoms with Gasteiger partial charge in [-0.25, -0.2) is 9.97 Å². The van der Waals surface area contributed by atoms with Gasteiger partial charge in [-0.3, -0.25) is 0 Å². The van der Waals surface area contributed by atoms with Crippen LogP contribution in [0.3, 0.4) is 0 Å². The summed E-state index contributed by atoms with van der Waals surface area (Å²) in [5.41, 5.74) is 1.11. The van der Waals surface area contributed by atoms with E-state index in [4.69, 9.17) is 0 Å². The molecule has 1 N–H and O–H groups in total. The Morgan fingerprint density at radius 3 is 2.33 bits per heavy atom. The minimum absolute atomic E-state index is 0.547. The maximum atomic E-state index is 4.31. The Labute approximate surface area is 110 Å². The highest BCUT2D eigenvalue weighted by Gasteiger charge is 2.21. The van der Waals surface area contributed by atoms with Gasteiger partial charge in [-0.2, -0.15) is 0 Å². The molecule has 0 aliphatic heterocycles. The first-order valence-corrected chi connectivity index (χ1v) is 6.83. The minimum Gasteiger partial charge on any atom is -0.351 e. The number of nitrogens with zero attached hydrogens (tertiary/aromatic N) is 3. The van der Waals surface area contributed by atoms with Gasteiger partial charge in [0.25, 0.3) is 0 Å². The number of aryl methyl sites for hydroxylation is 1. The van der Waals surface area contributed by atoms with Crippen molar-refractivity contribution in [2.75, 3.05) is 26.0 Å². The van der Waals surface area contributed by atoms with Crippen molar-refractivity contribution in [2.24, 2.45) is 5.92 Å². The summed E-state index contributed by atoms with van der Waals surface area (Å²) in [4.78, 5) is 10.9. The molecule has 0 radical (unpaired) electrons. The molecule has 1 fully saturated rings. The molecule has 100 valence electrons. The minimum atomic E-state index is 0.547. The van der Waals surface area contributed by atoms with E-state index in [9.17, 15) is 0 Å². The molecule has 1 aromatic heterocycles. The van der Waals surface area contributed by atoms with E-state index in [0.717, 1.165) is 17.4 Å². The predicted octanol–water partition coefficient (Wildman–Crippen LogP) is 2.32. The Kier molecular flexibility index (Phi) is 4.53.